The van der Waals surface area contributed by atoms with Gasteiger partial charge in [0, 0.05) is 0 Å². The maximum atomic E-state index is 10.7. The predicted octanol–water partition coefficient (Wildman–Crippen LogP) is 0.875. The molecule has 2 N–H and O–H groups in total. The third kappa shape index (κ3) is 5.88. The summed E-state index contributed by atoms with van der Waals surface area (Å²) >= 11 is 0. The van der Waals surface area contributed by atoms with Crippen LogP contribution in [-0.2, 0) is 9.53 Å². The molecule has 0 spiro atoms. The van der Waals surface area contributed by atoms with E-state index in [1.807, 2.05) is 6.92 Å². The largest absolute Gasteiger partial charge is 0.468 e. The van der Waals surface area contributed by atoms with Crippen LogP contribution < -0.4 is 5.73 Å². The Labute approximate surface area is 73.0 Å². The maximum Gasteiger partial charge on any atom is 0.322 e. The Hall–Kier alpha value is -0.540. The van der Waals surface area contributed by atoms with Gasteiger partial charge in [-0.1, -0.05) is 5.57 Å². The summed E-state index contributed by atoms with van der Waals surface area (Å²) in [5.74, 6) is -0.386. The van der Waals surface area contributed by atoms with Crippen LogP contribution in [-0.4, -0.2) is 19.1 Å². The third-order valence-electron chi connectivity index (χ3n) is 1.07. The molecule has 0 unspecified atom stereocenters. The van der Waals surface area contributed by atoms with Crippen molar-refractivity contribution in [2.75, 3.05) is 7.11 Å². The van der Waals surface area contributed by atoms with Crippen molar-refractivity contribution >= 4 is 18.4 Å². The fraction of sp³-hybridized carbons (Fsp3) is 0.571. The highest BCUT2D eigenvalue weighted by Crippen LogP contribution is 1.99. The second-order valence-electron chi connectivity index (χ2n) is 2.29. The molecule has 0 fully saturated rings. The van der Waals surface area contributed by atoms with E-state index in [4.69, 9.17) is 5.73 Å². The van der Waals surface area contributed by atoms with E-state index >= 15 is 0 Å². The van der Waals surface area contributed by atoms with Gasteiger partial charge in [-0.05, 0) is 13.3 Å². The van der Waals surface area contributed by atoms with E-state index in [-0.39, 0.29) is 18.4 Å². The van der Waals surface area contributed by atoms with E-state index < -0.39 is 6.04 Å². The van der Waals surface area contributed by atoms with Crippen LogP contribution in [0.15, 0.2) is 12.2 Å². The van der Waals surface area contributed by atoms with E-state index in [2.05, 4.69) is 11.3 Å². The lowest BCUT2D eigenvalue weighted by atomic mass is 10.1. The van der Waals surface area contributed by atoms with Gasteiger partial charge in [0.2, 0.25) is 0 Å². The highest BCUT2D eigenvalue weighted by Gasteiger charge is 2.12. The second-order valence-corrected chi connectivity index (χ2v) is 2.29. The van der Waals surface area contributed by atoms with Gasteiger partial charge >= 0.3 is 5.97 Å². The van der Waals surface area contributed by atoms with E-state index in [9.17, 15) is 4.79 Å². The van der Waals surface area contributed by atoms with Crippen molar-refractivity contribution in [2.45, 2.75) is 19.4 Å². The number of carbonyl (C=O) groups is 1. The molecule has 0 aliphatic heterocycles. The average molecular weight is 180 g/mol. The van der Waals surface area contributed by atoms with Crippen LogP contribution in [0.5, 0.6) is 0 Å². The highest BCUT2D eigenvalue weighted by atomic mass is 35.5. The Kier molecular flexibility index (Phi) is 7.36. The lowest BCUT2D eigenvalue weighted by Crippen LogP contribution is -2.31. The molecular weight excluding hydrogens is 166 g/mol. The summed E-state index contributed by atoms with van der Waals surface area (Å²) in [5.41, 5.74) is 6.28. The highest BCUT2D eigenvalue weighted by molar-refractivity contribution is 5.85. The zero-order chi connectivity index (χ0) is 8.15. The molecule has 66 valence electrons. The second kappa shape index (κ2) is 6.19. The van der Waals surface area contributed by atoms with Gasteiger partial charge in [-0.15, -0.1) is 19.0 Å². The predicted molar refractivity (Wildman–Crippen MR) is 46.7 cm³/mol. The number of ether oxygens (including phenoxy) is 1. The Balaban J connectivity index is 0. The van der Waals surface area contributed by atoms with Gasteiger partial charge in [0.1, 0.15) is 6.04 Å². The van der Waals surface area contributed by atoms with E-state index in [0.717, 1.165) is 5.57 Å². The van der Waals surface area contributed by atoms with Crippen LogP contribution in [0.4, 0.5) is 0 Å². The van der Waals surface area contributed by atoms with Crippen molar-refractivity contribution in [1.82, 2.24) is 0 Å². The van der Waals surface area contributed by atoms with Gasteiger partial charge in [0.15, 0.2) is 0 Å². The molecule has 0 rings (SSSR count). The van der Waals surface area contributed by atoms with Crippen molar-refractivity contribution in [3.8, 4) is 0 Å². The summed E-state index contributed by atoms with van der Waals surface area (Å²) in [7, 11) is 1.32. The molecule has 0 saturated heterocycles. The van der Waals surface area contributed by atoms with Gasteiger partial charge in [-0.2, -0.15) is 0 Å². The molecular formula is C7H14ClNO2. The van der Waals surface area contributed by atoms with Gasteiger partial charge in [-0.25, -0.2) is 0 Å². The van der Waals surface area contributed by atoms with Crippen molar-refractivity contribution in [3.05, 3.63) is 12.2 Å². The number of methoxy groups -OCH3 is 1. The maximum absolute atomic E-state index is 10.7. The van der Waals surface area contributed by atoms with Crippen molar-refractivity contribution in [3.63, 3.8) is 0 Å². The number of hydrogen-bond donors (Lipinski definition) is 1. The third-order valence-corrected chi connectivity index (χ3v) is 1.07. The van der Waals surface area contributed by atoms with Crippen LogP contribution in [0.3, 0.4) is 0 Å². The number of rotatable bonds is 3. The zero-order valence-corrected chi connectivity index (χ0v) is 7.61. The fourth-order valence-electron chi connectivity index (χ4n) is 0.610. The minimum Gasteiger partial charge on any atom is -0.468 e. The Morgan fingerprint density at radius 1 is 1.73 bits per heavy atom. The number of esters is 1. The number of hydrogen-bond acceptors (Lipinski definition) is 3. The van der Waals surface area contributed by atoms with E-state index in [1.165, 1.54) is 7.11 Å². The number of halogens is 1. The summed E-state index contributed by atoms with van der Waals surface area (Å²) in [5, 5.41) is 0. The van der Waals surface area contributed by atoms with E-state index in [0.29, 0.717) is 6.42 Å². The van der Waals surface area contributed by atoms with Crippen LogP contribution in [0, 0.1) is 0 Å². The number of nitrogens with two attached hydrogens (primary N) is 1. The minimum absolute atomic E-state index is 0. The molecule has 3 nitrogen and oxygen atoms in total. The molecule has 0 aromatic heterocycles. The lowest BCUT2D eigenvalue weighted by Gasteiger charge is -2.07. The van der Waals surface area contributed by atoms with E-state index in [1.54, 1.807) is 0 Å². The Bertz CT molecular complexity index is 147. The SMILES string of the molecule is C=C(C)C[C@H](N)C(=O)OC.Cl. The van der Waals surface area contributed by atoms with Crippen LogP contribution in [0.2, 0.25) is 0 Å². The number of carbonyl (C=O) groups excluding carboxylic acids is 1. The first-order valence-corrected chi connectivity index (χ1v) is 3.05. The molecule has 0 aliphatic rings. The summed E-state index contributed by atoms with van der Waals surface area (Å²) in [6.45, 7) is 5.45. The Morgan fingerprint density at radius 3 is 2.45 bits per heavy atom. The van der Waals surface area contributed by atoms with Crippen molar-refractivity contribution in [1.29, 1.82) is 0 Å². The topological polar surface area (TPSA) is 52.3 Å². The summed E-state index contributed by atoms with van der Waals surface area (Å²) < 4.78 is 4.41. The zero-order valence-electron chi connectivity index (χ0n) is 6.79. The first kappa shape index (κ1) is 13.1. The standard InChI is InChI=1S/C7H13NO2.ClH/c1-5(2)4-6(8)7(9)10-3;/h6H,1,4,8H2,2-3H3;1H/t6-;/m0./s1. The molecule has 0 radical (unpaired) electrons. The molecule has 0 aliphatic carbocycles. The summed E-state index contributed by atoms with van der Waals surface area (Å²) in [6, 6.07) is -0.553. The quantitative estimate of drug-likeness (QED) is 0.517. The molecule has 0 aromatic rings. The van der Waals surface area contributed by atoms with Crippen molar-refractivity contribution < 1.29 is 9.53 Å². The molecule has 0 saturated carbocycles. The smallest absolute Gasteiger partial charge is 0.322 e. The summed E-state index contributed by atoms with van der Waals surface area (Å²) in [6.07, 6.45) is 0.493. The summed E-state index contributed by atoms with van der Waals surface area (Å²) in [4.78, 5) is 10.7. The van der Waals surface area contributed by atoms with Gasteiger partial charge in [0.25, 0.3) is 0 Å². The molecule has 0 aromatic carbocycles. The molecule has 11 heavy (non-hydrogen) atoms. The van der Waals surface area contributed by atoms with Crippen LogP contribution >= 0.6 is 12.4 Å². The average Bonchev–Trinajstić information content (AvgIpc) is 1.85. The molecule has 4 heteroatoms. The van der Waals surface area contributed by atoms with Crippen LogP contribution in [0.25, 0.3) is 0 Å². The lowest BCUT2D eigenvalue weighted by molar-refractivity contribution is -0.142. The normalized spacial score (nSPS) is 11.2. The van der Waals surface area contributed by atoms with Crippen LogP contribution in [0.1, 0.15) is 13.3 Å². The first-order valence-electron chi connectivity index (χ1n) is 3.05. The van der Waals surface area contributed by atoms with Gasteiger partial charge in [-0.3, -0.25) is 4.79 Å². The Morgan fingerprint density at radius 2 is 2.18 bits per heavy atom. The van der Waals surface area contributed by atoms with Gasteiger partial charge in [0.05, 0.1) is 7.11 Å². The fourth-order valence-corrected chi connectivity index (χ4v) is 0.610. The monoisotopic (exact) mass is 179 g/mol. The molecule has 0 bridgehead atoms. The molecule has 0 amide bonds. The first-order chi connectivity index (χ1) is 4.57. The van der Waals surface area contributed by atoms with Gasteiger partial charge < -0.3 is 10.5 Å². The molecule has 1 atom stereocenters. The molecule has 0 heterocycles. The minimum atomic E-state index is -0.553. The van der Waals surface area contributed by atoms with Crippen molar-refractivity contribution in [2.24, 2.45) is 5.73 Å².